The maximum atomic E-state index is 13.8. The molecule has 4 rings (SSSR count). The fourth-order valence-electron chi connectivity index (χ4n) is 3.64. The lowest BCUT2D eigenvalue weighted by atomic mass is 10.1. The molecule has 32 heavy (non-hydrogen) atoms. The number of ether oxygens (including phenoxy) is 1. The van der Waals surface area contributed by atoms with Crippen molar-refractivity contribution in [2.75, 3.05) is 18.1 Å². The fraction of sp³-hybridized carbons (Fsp3) is 0.227. The number of fused-ring (bicyclic) bond motifs is 1. The highest BCUT2D eigenvalue weighted by Crippen LogP contribution is 2.30. The van der Waals surface area contributed by atoms with E-state index in [0.717, 1.165) is 17.7 Å². The van der Waals surface area contributed by atoms with Crippen molar-refractivity contribution in [3.05, 3.63) is 80.4 Å². The van der Waals surface area contributed by atoms with Gasteiger partial charge in [-0.2, -0.15) is 4.98 Å². The fourth-order valence-corrected chi connectivity index (χ4v) is 3.82. The van der Waals surface area contributed by atoms with Gasteiger partial charge >= 0.3 is 0 Å². The van der Waals surface area contributed by atoms with Crippen LogP contribution >= 0.6 is 11.6 Å². The molecule has 0 saturated carbocycles. The van der Waals surface area contributed by atoms with Crippen LogP contribution in [0.25, 0.3) is 5.69 Å². The van der Waals surface area contributed by atoms with Crippen molar-refractivity contribution >= 4 is 23.2 Å². The van der Waals surface area contributed by atoms with E-state index in [9.17, 15) is 18.4 Å². The van der Waals surface area contributed by atoms with E-state index < -0.39 is 29.7 Å². The van der Waals surface area contributed by atoms with Crippen LogP contribution in [0.1, 0.15) is 17.0 Å². The summed E-state index contributed by atoms with van der Waals surface area (Å²) >= 11 is 6.20. The molecule has 3 aromatic rings. The highest BCUT2D eigenvalue weighted by atomic mass is 35.5. The summed E-state index contributed by atoms with van der Waals surface area (Å²) in [5, 5.41) is 8.84. The summed E-state index contributed by atoms with van der Waals surface area (Å²) in [6.45, 7) is 1.17. The van der Waals surface area contributed by atoms with Crippen LogP contribution in [0.4, 0.5) is 14.5 Å². The van der Waals surface area contributed by atoms with Crippen LogP contribution in [0.15, 0.2) is 41.2 Å². The van der Waals surface area contributed by atoms with Gasteiger partial charge in [-0.15, -0.1) is 0 Å². The van der Waals surface area contributed by atoms with E-state index in [4.69, 9.17) is 21.4 Å². The standard InChI is InChI=1S/C22H18ClF2N3O4/c1-12-26-21(32-11-14-2-3-15(24)9-17(14)25)20(23)22(31)28(12)16-4-5-18-13(8-16)6-7-27(18)19(30)10-29/h2-5,8-9,29H,6-7,10-11H2,1H3. The molecule has 10 heteroatoms. The Bertz CT molecular complexity index is 1280. The van der Waals surface area contributed by atoms with E-state index in [1.807, 2.05) is 0 Å². The zero-order chi connectivity index (χ0) is 23.0. The van der Waals surface area contributed by atoms with Gasteiger partial charge in [-0.25, -0.2) is 8.78 Å². The highest BCUT2D eigenvalue weighted by Gasteiger charge is 2.25. The minimum Gasteiger partial charge on any atom is -0.471 e. The summed E-state index contributed by atoms with van der Waals surface area (Å²) in [6.07, 6.45) is 0.578. The third kappa shape index (κ3) is 3.96. The third-order valence-corrected chi connectivity index (χ3v) is 5.52. The molecule has 166 valence electrons. The van der Waals surface area contributed by atoms with Gasteiger partial charge in [-0.05, 0) is 49.2 Å². The molecule has 1 aliphatic heterocycles. The van der Waals surface area contributed by atoms with Crippen molar-refractivity contribution in [3.63, 3.8) is 0 Å². The molecule has 1 aromatic heterocycles. The van der Waals surface area contributed by atoms with Crippen LogP contribution < -0.4 is 15.2 Å². The van der Waals surface area contributed by atoms with Crippen LogP contribution in [0.5, 0.6) is 5.88 Å². The Morgan fingerprint density at radius 3 is 2.75 bits per heavy atom. The molecule has 2 heterocycles. The van der Waals surface area contributed by atoms with E-state index in [1.165, 1.54) is 15.5 Å². The van der Waals surface area contributed by atoms with Gasteiger partial charge < -0.3 is 14.7 Å². The van der Waals surface area contributed by atoms with Gasteiger partial charge in [0.15, 0.2) is 5.02 Å². The number of anilines is 1. The lowest BCUT2D eigenvalue weighted by molar-refractivity contribution is -0.121. The van der Waals surface area contributed by atoms with Gasteiger partial charge in [0.25, 0.3) is 11.5 Å². The van der Waals surface area contributed by atoms with Gasteiger partial charge in [-0.3, -0.25) is 14.2 Å². The number of amides is 1. The van der Waals surface area contributed by atoms with E-state index in [-0.39, 0.29) is 28.9 Å². The molecule has 1 amide bonds. The molecule has 0 fully saturated rings. The van der Waals surface area contributed by atoms with E-state index in [2.05, 4.69) is 4.98 Å². The summed E-state index contributed by atoms with van der Waals surface area (Å²) in [5.41, 5.74) is 1.55. The Balaban J connectivity index is 1.64. The molecule has 2 aromatic carbocycles. The van der Waals surface area contributed by atoms with Gasteiger partial charge in [0.1, 0.15) is 30.7 Å². The van der Waals surface area contributed by atoms with Crippen molar-refractivity contribution in [1.29, 1.82) is 0 Å². The van der Waals surface area contributed by atoms with Crippen molar-refractivity contribution in [2.45, 2.75) is 20.0 Å². The van der Waals surface area contributed by atoms with Gasteiger partial charge in [0, 0.05) is 23.9 Å². The number of aromatic nitrogens is 2. The predicted molar refractivity (Wildman–Crippen MR) is 113 cm³/mol. The summed E-state index contributed by atoms with van der Waals surface area (Å²) < 4.78 is 33.6. The second-order valence-corrected chi connectivity index (χ2v) is 7.59. The second-order valence-electron chi connectivity index (χ2n) is 7.21. The number of halogens is 3. The zero-order valence-corrected chi connectivity index (χ0v) is 17.7. The van der Waals surface area contributed by atoms with E-state index in [0.29, 0.717) is 24.3 Å². The smallest absolute Gasteiger partial charge is 0.280 e. The van der Waals surface area contributed by atoms with Crippen LogP contribution in [0, 0.1) is 18.6 Å². The van der Waals surface area contributed by atoms with Crippen molar-refractivity contribution < 1.29 is 23.4 Å². The van der Waals surface area contributed by atoms with Crippen LogP contribution in [0.3, 0.4) is 0 Å². The first-order valence-corrected chi connectivity index (χ1v) is 10.1. The first-order chi connectivity index (χ1) is 15.3. The van der Waals surface area contributed by atoms with Crippen LogP contribution in [-0.4, -0.2) is 33.7 Å². The van der Waals surface area contributed by atoms with Crippen molar-refractivity contribution in [1.82, 2.24) is 9.55 Å². The number of rotatable bonds is 5. The summed E-state index contributed by atoms with van der Waals surface area (Å²) in [6, 6.07) is 8.20. The molecule has 7 nitrogen and oxygen atoms in total. The number of benzene rings is 2. The largest absolute Gasteiger partial charge is 0.471 e. The van der Waals surface area contributed by atoms with Crippen LogP contribution in [0.2, 0.25) is 5.02 Å². The Hall–Kier alpha value is -3.30. The molecule has 1 aliphatic rings. The zero-order valence-electron chi connectivity index (χ0n) is 16.9. The number of hydrogen-bond donors (Lipinski definition) is 1. The number of aliphatic hydroxyl groups is 1. The summed E-state index contributed by atoms with van der Waals surface area (Å²) in [4.78, 5) is 30.5. The molecule has 0 radical (unpaired) electrons. The first kappa shape index (κ1) is 21.9. The Labute approximate surface area is 186 Å². The normalized spacial score (nSPS) is 12.7. The Kier molecular flexibility index (Phi) is 5.94. The number of carbonyl (C=O) groups excluding carboxylic acids is 1. The average molecular weight is 462 g/mol. The minimum atomic E-state index is -0.780. The van der Waals surface area contributed by atoms with E-state index in [1.54, 1.807) is 25.1 Å². The monoisotopic (exact) mass is 461 g/mol. The van der Waals surface area contributed by atoms with Gasteiger partial charge in [0.2, 0.25) is 5.88 Å². The molecule has 0 aliphatic carbocycles. The molecule has 0 saturated heterocycles. The molecule has 0 spiro atoms. The van der Waals surface area contributed by atoms with Gasteiger partial charge in [-0.1, -0.05) is 11.6 Å². The molecule has 0 unspecified atom stereocenters. The Morgan fingerprint density at radius 2 is 2.03 bits per heavy atom. The maximum Gasteiger partial charge on any atom is 0.280 e. The molecule has 0 atom stereocenters. The number of hydrogen-bond acceptors (Lipinski definition) is 5. The lowest BCUT2D eigenvalue weighted by Gasteiger charge is -2.17. The SMILES string of the molecule is Cc1nc(OCc2ccc(F)cc2F)c(Cl)c(=O)n1-c1ccc2c(c1)CCN2C(=O)CO. The molecule has 0 bridgehead atoms. The summed E-state index contributed by atoms with van der Waals surface area (Å²) in [7, 11) is 0. The minimum absolute atomic E-state index is 0.0895. The summed E-state index contributed by atoms with van der Waals surface area (Å²) in [5.74, 6) is -1.75. The number of carbonyl (C=O) groups is 1. The first-order valence-electron chi connectivity index (χ1n) is 9.70. The van der Waals surface area contributed by atoms with Crippen molar-refractivity contribution in [3.8, 4) is 11.6 Å². The van der Waals surface area contributed by atoms with Crippen molar-refractivity contribution in [2.24, 2.45) is 0 Å². The molecular weight excluding hydrogens is 444 g/mol. The number of aryl methyl sites for hydroxylation is 1. The number of aliphatic hydroxyl groups excluding tert-OH is 1. The van der Waals surface area contributed by atoms with Crippen LogP contribution in [-0.2, 0) is 17.8 Å². The topological polar surface area (TPSA) is 84.7 Å². The third-order valence-electron chi connectivity index (χ3n) is 5.20. The van der Waals surface area contributed by atoms with Gasteiger partial charge in [0.05, 0.1) is 5.69 Å². The van der Waals surface area contributed by atoms with E-state index >= 15 is 0 Å². The lowest BCUT2D eigenvalue weighted by Crippen LogP contribution is -2.31. The maximum absolute atomic E-state index is 13.8. The molecular formula is C22H18ClF2N3O4. The predicted octanol–water partition coefficient (Wildman–Crippen LogP) is 2.93. The number of nitrogens with zero attached hydrogens (tertiary/aromatic N) is 3. The highest BCUT2D eigenvalue weighted by molar-refractivity contribution is 6.31. The average Bonchev–Trinajstić information content (AvgIpc) is 3.19. The molecule has 1 N–H and O–H groups in total. The quantitative estimate of drug-likeness (QED) is 0.631. The Morgan fingerprint density at radius 1 is 1.25 bits per heavy atom. The second kappa shape index (κ2) is 8.68.